The summed E-state index contributed by atoms with van der Waals surface area (Å²) in [7, 11) is 3.72. The third kappa shape index (κ3) is 2.91. The van der Waals surface area contributed by atoms with Crippen LogP contribution in [0.15, 0.2) is 36.7 Å². The molecule has 2 atom stereocenters. The molecule has 1 saturated heterocycles. The van der Waals surface area contributed by atoms with Gasteiger partial charge in [0.1, 0.15) is 0 Å². The molecule has 24 heavy (non-hydrogen) atoms. The van der Waals surface area contributed by atoms with Crippen molar-refractivity contribution in [1.29, 1.82) is 0 Å². The van der Waals surface area contributed by atoms with E-state index in [2.05, 4.69) is 10.3 Å². The summed E-state index contributed by atoms with van der Waals surface area (Å²) in [4.78, 5) is 30.6. The molecule has 6 nitrogen and oxygen atoms in total. The van der Waals surface area contributed by atoms with Crippen LogP contribution >= 0.6 is 0 Å². The molecule has 0 radical (unpaired) electrons. The normalized spacial score (nSPS) is 20.5. The van der Waals surface area contributed by atoms with Gasteiger partial charge < -0.3 is 14.8 Å². The van der Waals surface area contributed by atoms with Crippen LogP contribution in [-0.4, -0.2) is 33.3 Å². The Balaban J connectivity index is 1.75. The number of carbonyl (C=O) groups is 2. The monoisotopic (exact) mass is 326 g/mol. The van der Waals surface area contributed by atoms with E-state index in [-0.39, 0.29) is 24.3 Å². The van der Waals surface area contributed by atoms with Gasteiger partial charge in [-0.2, -0.15) is 0 Å². The Morgan fingerprint density at radius 3 is 2.75 bits per heavy atom. The summed E-state index contributed by atoms with van der Waals surface area (Å²) in [6.45, 7) is 2.48. The van der Waals surface area contributed by atoms with E-state index in [9.17, 15) is 9.59 Å². The molecule has 3 heterocycles. The highest BCUT2D eigenvalue weighted by Crippen LogP contribution is 2.36. The van der Waals surface area contributed by atoms with Gasteiger partial charge in [0, 0.05) is 44.3 Å². The van der Waals surface area contributed by atoms with Gasteiger partial charge in [0.05, 0.1) is 18.5 Å². The molecular weight excluding hydrogens is 304 g/mol. The van der Waals surface area contributed by atoms with Crippen LogP contribution in [0.3, 0.4) is 0 Å². The molecule has 2 aromatic heterocycles. The number of nitrogens with zero attached hydrogens (tertiary/aromatic N) is 3. The summed E-state index contributed by atoms with van der Waals surface area (Å²) in [6.07, 6.45) is 3.64. The zero-order chi connectivity index (χ0) is 17.3. The van der Waals surface area contributed by atoms with E-state index < -0.39 is 5.92 Å². The number of aromatic nitrogens is 2. The molecule has 2 aromatic rings. The van der Waals surface area contributed by atoms with E-state index >= 15 is 0 Å². The van der Waals surface area contributed by atoms with Gasteiger partial charge in [0.25, 0.3) is 0 Å². The molecule has 0 aromatic carbocycles. The van der Waals surface area contributed by atoms with E-state index in [4.69, 9.17) is 0 Å². The number of pyridine rings is 1. The van der Waals surface area contributed by atoms with E-state index in [0.29, 0.717) is 6.54 Å². The van der Waals surface area contributed by atoms with Crippen LogP contribution in [0.5, 0.6) is 0 Å². The van der Waals surface area contributed by atoms with Crippen molar-refractivity contribution in [2.45, 2.75) is 25.9 Å². The number of hydrogen-bond acceptors (Lipinski definition) is 3. The fourth-order valence-corrected chi connectivity index (χ4v) is 3.26. The van der Waals surface area contributed by atoms with E-state index in [1.54, 1.807) is 24.3 Å². The van der Waals surface area contributed by atoms with Crippen molar-refractivity contribution in [3.05, 3.63) is 53.6 Å². The van der Waals surface area contributed by atoms with E-state index in [1.807, 2.05) is 42.8 Å². The lowest BCUT2D eigenvalue weighted by molar-refractivity contribution is -0.128. The van der Waals surface area contributed by atoms with E-state index in [0.717, 1.165) is 17.0 Å². The lowest BCUT2D eigenvalue weighted by Crippen LogP contribution is -2.34. The molecule has 6 heteroatoms. The highest BCUT2D eigenvalue weighted by atomic mass is 16.2. The summed E-state index contributed by atoms with van der Waals surface area (Å²) in [5.41, 5.74) is 3.07. The Labute approximate surface area is 141 Å². The predicted molar refractivity (Wildman–Crippen MR) is 89.9 cm³/mol. The zero-order valence-corrected chi connectivity index (χ0v) is 14.2. The van der Waals surface area contributed by atoms with Crippen molar-refractivity contribution in [2.24, 2.45) is 13.0 Å². The minimum Gasteiger partial charge on any atom is -0.350 e. The summed E-state index contributed by atoms with van der Waals surface area (Å²) in [6, 6.07) is 7.50. The Hall–Kier alpha value is -2.63. The number of rotatable bonds is 4. The maximum absolute atomic E-state index is 12.7. The number of nitrogens with one attached hydrogen (secondary N) is 1. The second-order valence-corrected chi connectivity index (χ2v) is 6.29. The van der Waals surface area contributed by atoms with Crippen LogP contribution in [0, 0.1) is 12.8 Å². The minimum atomic E-state index is -0.395. The van der Waals surface area contributed by atoms with Gasteiger partial charge in [0.2, 0.25) is 11.8 Å². The first-order chi connectivity index (χ1) is 11.5. The number of likely N-dealkylation sites (tertiary alicyclic amines) is 1. The molecule has 3 rings (SSSR count). The molecule has 1 N–H and O–H groups in total. The Kier molecular flexibility index (Phi) is 4.38. The van der Waals surface area contributed by atoms with Gasteiger partial charge in [-0.25, -0.2) is 0 Å². The van der Waals surface area contributed by atoms with Gasteiger partial charge >= 0.3 is 0 Å². The lowest BCUT2D eigenvalue weighted by atomic mass is 9.94. The molecule has 126 valence electrons. The van der Waals surface area contributed by atoms with Crippen LogP contribution in [0.1, 0.15) is 29.4 Å². The second kappa shape index (κ2) is 6.47. The molecule has 0 saturated carbocycles. The molecule has 1 aliphatic heterocycles. The third-order valence-electron chi connectivity index (χ3n) is 4.87. The first-order valence-corrected chi connectivity index (χ1v) is 8.03. The Morgan fingerprint density at radius 1 is 1.33 bits per heavy atom. The van der Waals surface area contributed by atoms with Crippen LogP contribution in [0.25, 0.3) is 0 Å². The fraction of sp³-hybridized carbons (Fsp3) is 0.389. The minimum absolute atomic E-state index is 0.0151. The maximum Gasteiger partial charge on any atom is 0.226 e. The van der Waals surface area contributed by atoms with Crippen molar-refractivity contribution in [1.82, 2.24) is 19.8 Å². The summed E-state index contributed by atoms with van der Waals surface area (Å²) in [5, 5.41) is 2.98. The highest BCUT2D eigenvalue weighted by Gasteiger charge is 2.42. The number of aryl methyl sites for hydroxylation is 1. The van der Waals surface area contributed by atoms with Gasteiger partial charge in [-0.3, -0.25) is 14.6 Å². The maximum atomic E-state index is 12.7. The second-order valence-electron chi connectivity index (χ2n) is 6.29. The van der Waals surface area contributed by atoms with Gasteiger partial charge in [-0.15, -0.1) is 0 Å². The summed E-state index contributed by atoms with van der Waals surface area (Å²) >= 11 is 0. The standard InChI is InChI=1S/C18H22N4O2/c1-12-6-7-14(21(12)2)11-20-18(24)15-9-16(23)22(3)17(15)13-5-4-8-19-10-13/h4-8,10,15,17H,9,11H2,1-3H3,(H,20,24)/t15-,17-/m0/s1. The number of amides is 2. The average Bonchev–Trinajstić information content (AvgIpc) is 3.07. The quantitative estimate of drug-likeness (QED) is 0.927. The van der Waals surface area contributed by atoms with Crippen molar-refractivity contribution in [2.75, 3.05) is 7.05 Å². The molecule has 0 bridgehead atoms. The smallest absolute Gasteiger partial charge is 0.226 e. The van der Waals surface area contributed by atoms with Crippen molar-refractivity contribution < 1.29 is 9.59 Å². The summed E-state index contributed by atoms with van der Waals surface area (Å²) in [5.74, 6) is -0.507. The SMILES string of the molecule is Cc1ccc(CNC(=O)[C@H]2CC(=O)N(C)[C@H]2c2cccnc2)n1C. The number of hydrogen-bond donors (Lipinski definition) is 1. The van der Waals surface area contributed by atoms with Crippen LogP contribution in [0.4, 0.5) is 0 Å². The zero-order valence-electron chi connectivity index (χ0n) is 14.2. The van der Waals surface area contributed by atoms with Crippen LogP contribution in [0.2, 0.25) is 0 Å². The fourth-order valence-electron chi connectivity index (χ4n) is 3.26. The van der Waals surface area contributed by atoms with Gasteiger partial charge in [0.15, 0.2) is 0 Å². The highest BCUT2D eigenvalue weighted by molar-refractivity contribution is 5.90. The Bertz CT molecular complexity index is 754. The topological polar surface area (TPSA) is 67.2 Å². The Morgan fingerprint density at radius 2 is 2.12 bits per heavy atom. The molecule has 0 aliphatic carbocycles. The van der Waals surface area contributed by atoms with Crippen molar-refractivity contribution in [3.63, 3.8) is 0 Å². The molecule has 2 amide bonds. The average molecular weight is 326 g/mol. The van der Waals surface area contributed by atoms with Crippen molar-refractivity contribution >= 4 is 11.8 Å². The molecular formula is C18H22N4O2. The van der Waals surface area contributed by atoms with Gasteiger partial charge in [-0.1, -0.05) is 6.07 Å². The molecule has 0 unspecified atom stereocenters. The van der Waals surface area contributed by atoms with Crippen LogP contribution in [-0.2, 0) is 23.2 Å². The molecule has 1 fully saturated rings. The lowest BCUT2D eigenvalue weighted by Gasteiger charge is -2.24. The molecule has 1 aliphatic rings. The third-order valence-corrected chi connectivity index (χ3v) is 4.87. The number of carbonyl (C=O) groups excluding carboxylic acids is 2. The van der Waals surface area contributed by atoms with Gasteiger partial charge in [-0.05, 0) is 30.7 Å². The summed E-state index contributed by atoms with van der Waals surface area (Å²) < 4.78 is 2.05. The van der Waals surface area contributed by atoms with Crippen molar-refractivity contribution in [3.8, 4) is 0 Å². The predicted octanol–water partition coefficient (Wildman–Crippen LogP) is 1.56. The van der Waals surface area contributed by atoms with E-state index in [1.165, 1.54) is 0 Å². The van der Waals surface area contributed by atoms with Crippen LogP contribution < -0.4 is 5.32 Å². The first-order valence-electron chi connectivity index (χ1n) is 8.03. The largest absolute Gasteiger partial charge is 0.350 e. The molecule has 0 spiro atoms. The first kappa shape index (κ1) is 16.2.